The summed E-state index contributed by atoms with van der Waals surface area (Å²) in [5, 5.41) is 1.07. The van der Waals surface area contributed by atoms with Crippen molar-refractivity contribution in [2.75, 3.05) is 18.1 Å². The maximum atomic E-state index is 13.6. The number of carbonyl (C=O) groups excluding carboxylic acids is 3. The van der Waals surface area contributed by atoms with E-state index in [1.807, 2.05) is 60.8 Å². The molecule has 2 heterocycles. The second-order valence-electron chi connectivity index (χ2n) is 9.83. The summed E-state index contributed by atoms with van der Waals surface area (Å²) in [4.78, 5) is 46.1. The number of aromatic nitrogens is 1. The van der Waals surface area contributed by atoms with Crippen LogP contribution in [0.25, 0.3) is 10.9 Å². The second kappa shape index (κ2) is 10.9. The number of ether oxygens (including phenoxy) is 1. The number of hydrogen-bond donors (Lipinski definition) is 1. The number of nitrogens with zero attached hydrogens (tertiary/aromatic N) is 2. The number of fused-ring (bicyclic) bond motifs is 1. The van der Waals surface area contributed by atoms with Crippen molar-refractivity contribution in [1.82, 2.24) is 9.88 Å². The molecule has 1 aliphatic heterocycles. The highest BCUT2D eigenvalue weighted by molar-refractivity contribution is 6.23. The molecule has 1 atom stereocenters. The lowest BCUT2D eigenvalue weighted by Gasteiger charge is -2.27. The molecule has 1 fully saturated rings. The topological polar surface area (TPSA) is 82.7 Å². The molecular formula is C31H31N3O4. The van der Waals surface area contributed by atoms with Crippen LogP contribution in [0.1, 0.15) is 37.3 Å². The van der Waals surface area contributed by atoms with Crippen LogP contribution in [0.5, 0.6) is 5.75 Å². The molecular weight excluding hydrogens is 478 g/mol. The fourth-order valence-electron chi connectivity index (χ4n) is 4.92. The average Bonchev–Trinajstić information content (AvgIpc) is 3.48. The molecule has 1 saturated heterocycles. The lowest BCUT2D eigenvalue weighted by Crippen LogP contribution is -2.48. The van der Waals surface area contributed by atoms with Crippen molar-refractivity contribution in [3.05, 3.63) is 96.2 Å². The van der Waals surface area contributed by atoms with Crippen molar-refractivity contribution < 1.29 is 19.1 Å². The maximum absolute atomic E-state index is 13.6. The summed E-state index contributed by atoms with van der Waals surface area (Å²) in [6.07, 6.45) is 2.40. The molecule has 194 valence electrons. The molecule has 1 unspecified atom stereocenters. The molecule has 5 rings (SSSR count). The van der Waals surface area contributed by atoms with Crippen molar-refractivity contribution in [3.63, 3.8) is 0 Å². The first-order valence-corrected chi connectivity index (χ1v) is 12.9. The zero-order valence-electron chi connectivity index (χ0n) is 21.6. The molecule has 3 amide bonds. The van der Waals surface area contributed by atoms with Gasteiger partial charge in [0.1, 0.15) is 11.8 Å². The highest BCUT2D eigenvalue weighted by atomic mass is 16.5. The Bertz CT molecular complexity index is 1440. The number of H-pyrrole nitrogens is 1. The summed E-state index contributed by atoms with van der Waals surface area (Å²) >= 11 is 0. The third-order valence-corrected chi connectivity index (χ3v) is 7.04. The first-order valence-electron chi connectivity index (χ1n) is 12.9. The Morgan fingerprint density at radius 2 is 1.71 bits per heavy atom. The number of para-hydroxylation sites is 2. The Balaban J connectivity index is 1.38. The smallest absolute Gasteiger partial charge is 0.261 e. The third-order valence-electron chi connectivity index (χ3n) is 7.04. The Morgan fingerprint density at radius 1 is 1.00 bits per heavy atom. The van der Waals surface area contributed by atoms with Gasteiger partial charge in [-0.15, -0.1) is 0 Å². The molecule has 7 nitrogen and oxygen atoms in total. The van der Waals surface area contributed by atoms with E-state index in [0.29, 0.717) is 23.8 Å². The summed E-state index contributed by atoms with van der Waals surface area (Å²) < 4.78 is 5.72. The zero-order chi connectivity index (χ0) is 26.6. The minimum atomic E-state index is -0.885. The number of aromatic amines is 1. The summed E-state index contributed by atoms with van der Waals surface area (Å²) in [6, 6.07) is 23.6. The minimum absolute atomic E-state index is 0.0598. The van der Waals surface area contributed by atoms with Crippen LogP contribution in [-0.4, -0.2) is 46.8 Å². The summed E-state index contributed by atoms with van der Waals surface area (Å²) in [6.45, 7) is 4.24. The van der Waals surface area contributed by atoms with E-state index in [4.69, 9.17) is 4.74 Å². The van der Waals surface area contributed by atoms with Gasteiger partial charge in [0, 0.05) is 23.6 Å². The first-order chi connectivity index (χ1) is 18.4. The Morgan fingerprint density at radius 3 is 2.45 bits per heavy atom. The monoisotopic (exact) mass is 509 g/mol. The van der Waals surface area contributed by atoms with Crippen LogP contribution in [0.3, 0.4) is 0 Å². The van der Waals surface area contributed by atoms with Gasteiger partial charge in [-0.25, -0.2) is 4.90 Å². The molecule has 0 aliphatic carbocycles. The van der Waals surface area contributed by atoms with Crippen LogP contribution in [-0.2, 0) is 20.8 Å². The predicted molar refractivity (Wildman–Crippen MR) is 147 cm³/mol. The van der Waals surface area contributed by atoms with E-state index in [2.05, 4.69) is 18.8 Å². The van der Waals surface area contributed by atoms with Gasteiger partial charge in [-0.3, -0.25) is 14.4 Å². The zero-order valence-corrected chi connectivity index (χ0v) is 21.6. The predicted octanol–water partition coefficient (Wildman–Crippen LogP) is 5.07. The van der Waals surface area contributed by atoms with Crippen LogP contribution < -0.4 is 9.64 Å². The molecule has 7 heteroatoms. The Labute approximate surface area is 222 Å². The van der Waals surface area contributed by atoms with E-state index in [0.717, 1.165) is 22.0 Å². The molecule has 0 bridgehead atoms. The maximum Gasteiger partial charge on any atom is 0.261 e. The highest BCUT2D eigenvalue weighted by Crippen LogP contribution is 2.28. The number of nitrogens with one attached hydrogen (secondary N) is 1. The van der Waals surface area contributed by atoms with Crippen LogP contribution in [0.15, 0.2) is 85.1 Å². The number of hydrogen-bond acceptors (Lipinski definition) is 4. The lowest BCUT2D eigenvalue weighted by molar-refractivity contribution is -0.140. The van der Waals surface area contributed by atoms with Crippen molar-refractivity contribution in [2.24, 2.45) is 0 Å². The highest BCUT2D eigenvalue weighted by Gasteiger charge is 2.44. The SMILES string of the molecule is CC(C)c1ccc(N2C(=O)CC(N(CCc3c[nH]c4ccccc34)C(=O)COc3ccccc3)C2=O)cc1. The first kappa shape index (κ1) is 25.3. The Kier molecular flexibility index (Phi) is 7.26. The number of rotatable bonds is 9. The normalized spacial score (nSPS) is 15.4. The van der Waals surface area contributed by atoms with E-state index in [1.54, 1.807) is 24.3 Å². The minimum Gasteiger partial charge on any atom is -0.484 e. The molecule has 0 saturated carbocycles. The third kappa shape index (κ3) is 5.18. The number of anilines is 1. The second-order valence-corrected chi connectivity index (χ2v) is 9.83. The molecule has 38 heavy (non-hydrogen) atoms. The molecule has 1 aliphatic rings. The molecule has 0 radical (unpaired) electrons. The number of imide groups is 1. The van der Waals surface area contributed by atoms with Crippen LogP contribution >= 0.6 is 0 Å². The summed E-state index contributed by atoms with van der Waals surface area (Å²) in [5.74, 6) is -0.135. The van der Waals surface area contributed by atoms with Gasteiger partial charge in [-0.2, -0.15) is 0 Å². The van der Waals surface area contributed by atoms with Gasteiger partial charge >= 0.3 is 0 Å². The fourth-order valence-corrected chi connectivity index (χ4v) is 4.92. The van der Waals surface area contributed by atoms with E-state index in [1.165, 1.54) is 9.80 Å². The van der Waals surface area contributed by atoms with Crippen LogP contribution in [0.4, 0.5) is 5.69 Å². The summed E-state index contributed by atoms with van der Waals surface area (Å²) in [7, 11) is 0. The largest absolute Gasteiger partial charge is 0.484 e. The Hall–Kier alpha value is -4.39. The van der Waals surface area contributed by atoms with Gasteiger partial charge in [0.25, 0.3) is 11.8 Å². The molecule has 1 N–H and O–H groups in total. The number of carbonyl (C=O) groups is 3. The van der Waals surface area contributed by atoms with Gasteiger partial charge in [0.15, 0.2) is 6.61 Å². The van der Waals surface area contributed by atoms with E-state index >= 15 is 0 Å². The fraction of sp³-hybridized carbons (Fsp3) is 0.258. The van der Waals surface area contributed by atoms with Crippen LogP contribution in [0, 0.1) is 0 Å². The molecule has 0 spiro atoms. The molecule has 1 aromatic heterocycles. The van der Waals surface area contributed by atoms with E-state index < -0.39 is 6.04 Å². The van der Waals surface area contributed by atoms with Crippen molar-refractivity contribution in [3.8, 4) is 5.75 Å². The van der Waals surface area contributed by atoms with Gasteiger partial charge < -0.3 is 14.6 Å². The van der Waals surface area contributed by atoms with Gasteiger partial charge in [-0.05, 0) is 53.8 Å². The van der Waals surface area contributed by atoms with Crippen molar-refractivity contribution in [1.29, 1.82) is 0 Å². The number of amides is 3. The van der Waals surface area contributed by atoms with Gasteiger partial charge in [0.2, 0.25) is 5.91 Å². The van der Waals surface area contributed by atoms with Gasteiger partial charge in [-0.1, -0.05) is 62.4 Å². The average molecular weight is 510 g/mol. The van der Waals surface area contributed by atoms with Crippen molar-refractivity contribution in [2.45, 2.75) is 38.6 Å². The standard InChI is InChI=1S/C31H31N3O4/c1-21(2)22-12-14-24(15-13-22)34-29(35)18-28(31(34)37)33(30(36)20-38-25-8-4-3-5-9-25)17-16-23-19-32-27-11-7-6-10-26(23)27/h3-15,19,21,28,32H,16-18,20H2,1-2H3. The number of benzene rings is 3. The molecule has 3 aromatic carbocycles. The quantitative estimate of drug-likeness (QED) is 0.319. The summed E-state index contributed by atoms with van der Waals surface area (Å²) in [5.41, 5.74) is 3.70. The van der Waals surface area contributed by atoms with Gasteiger partial charge in [0.05, 0.1) is 12.1 Å². The van der Waals surface area contributed by atoms with Crippen molar-refractivity contribution >= 4 is 34.3 Å². The lowest BCUT2D eigenvalue weighted by atomic mass is 10.0. The van der Waals surface area contributed by atoms with Crippen LogP contribution in [0.2, 0.25) is 0 Å². The van der Waals surface area contributed by atoms with E-state index in [-0.39, 0.29) is 37.3 Å². The van der Waals surface area contributed by atoms with E-state index in [9.17, 15) is 14.4 Å². The molecule has 4 aromatic rings.